The number of aliphatic carboxylic acids is 1. The largest absolute Gasteiger partial charge is 0.492 e. The van der Waals surface area contributed by atoms with Gasteiger partial charge in [-0.25, -0.2) is 4.79 Å². The van der Waals surface area contributed by atoms with Crippen molar-refractivity contribution in [2.24, 2.45) is 5.73 Å². The van der Waals surface area contributed by atoms with Crippen LogP contribution in [0.1, 0.15) is 11.1 Å². The molecule has 0 aliphatic rings. The highest BCUT2D eigenvalue weighted by Crippen LogP contribution is 2.13. The molecular formula is C20H19ClF3N3O4. The van der Waals surface area contributed by atoms with E-state index < -0.39 is 12.1 Å². The standard InChI is InChI=1S/C18H18ClN3O2.C2HF3O2/c19-15-7-4-13(5-8-15)6-9-17(23)22-10-11-24-16-3-1-2-14(12-16)18(20)21;3-2(4,5)1(6)7/h1-9,12H,10-11H2,(H3,20,21)(H,22,23);(H,6,7)/b9-6+;. The topological polar surface area (TPSA) is 126 Å². The lowest BCUT2D eigenvalue weighted by atomic mass is 10.2. The van der Waals surface area contributed by atoms with E-state index in [0.717, 1.165) is 5.56 Å². The molecule has 0 heterocycles. The van der Waals surface area contributed by atoms with Gasteiger partial charge >= 0.3 is 12.1 Å². The van der Waals surface area contributed by atoms with Crippen LogP contribution in [0.15, 0.2) is 54.6 Å². The number of halogens is 4. The van der Waals surface area contributed by atoms with Crippen molar-refractivity contribution in [2.75, 3.05) is 13.2 Å². The number of nitrogens with one attached hydrogen (secondary N) is 2. The number of ether oxygens (including phenoxy) is 1. The zero-order valence-corrected chi connectivity index (χ0v) is 16.7. The van der Waals surface area contributed by atoms with Gasteiger partial charge in [0.2, 0.25) is 5.91 Å². The fourth-order valence-electron chi connectivity index (χ4n) is 1.90. The highest BCUT2D eigenvalue weighted by Gasteiger charge is 2.38. The summed E-state index contributed by atoms with van der Waals surface area (Å²) >= 11 is 5.80. The number of benzene rings is 2. The van der Waals surface area contributed by atoms with Crippen molar-refractivity contribution < 1.29 is 32.6 Å². The van der Waals surface area contributed by atoms with Gasteiger partial charge in [0.15, 0.2) is 0 Å². The third-order valence-corrected chi connectivity index (χ3v) is 3.61. The number of carbonyl (C=O) groups excluding carboxylic acids is 1. The first-order valence-corrected chi connectivity index (χ1v) is 8.95. The van der Waals surface area contributed by atoms with E-state index in [1.54, 1.807) is 42.5 Å². The second kappa shape index (κ2) is 12.2. The summed E-state index contributed by atoms with van der Waals surface area (Å²) in [5.74, 6) is -2.37. The SMILES string of the molecule is N=C(N)c1cccc(OCCNC(=O)/C=C/c2ccc(Cl)cc2)c1.O=C(O)C(F)(F)F. The molecule has 0 bridgehead atoms. The number of hydrogen-bond acceptors (Lipinski definition) is 4. The molecule has 0 radical (unpaired) electrons. The van der Waals surface area contributed by atoms with Crippen LogP contribution in [-0.2, 0) is 9.59 Å². The molecule has 11 heteroatoms. The Morgan fingerprint density at radius 3 is 2.35 bits per heavy atom. The molecule has 0 unspecified atom stereocenters. The number of nitrogen functional groups attached to an aromatic ring is 1. The van der Waals surface area contributed by atoms with Gasteiger partial charge in [-0.05, 0) is 35.9 Å². The predicted octanol–water partition coefficient (Wildman–Crippen LogP) is 3.47. The van der Waals surface area contributed by atoms with Gasteiger partial charge in [0.1, 0.15) is 18.2 Å². The molecule has 7 nitrogen and oxygen atoms in total. The third-order valence-electron chi connectivity index (χ3n) is 3.35. The molecular weight excluding hydrogens is 439 g/mol. The molecule has 2 aromatic rings. The fraction of sp³-hybridized carbons (Fsp3) is 0.150. The second-order valence-electron chi connectivity index (χ2n) is 5.77. The predicted molar refractivity (Wildman–Crippen MR) is 110 cm³/mol. The van der Waals surface area contributed by atoms with E-state index >= 15 is 0 Å². The Kier molecular flexibility index (Phi) is 10.1. The van der Waals surface area contributed by atoms with Gasteiger partial charge < -0.3 is 20.9 Å². The van der Waals surface area contributed by atoms with Crippen LogP contribution in [0.4, 0.5) is 13.2 Å². The number of carbonyl (C=O) groups is 2. The van der Waals surface area contributed by atoms with Crippen molar-refractivity contribution in [3.05, 3.63) is 70.8 Å². The Balaban J connectivity index is 0.000000592. The summed E-state index contributed by atoms with van der Waals surface area (Å²) in [5, 5.41) is 17.9. The number of carboxylic acid groups (broad SMARTS) is 1. The van der Waals surface area contributed by atoms with Crippen LogP contribution in [0.25, 0.3) is 6.08 Å². The van der Waals surface area contributed by atoms with Crippen molar-refractivity contribution in [3.8, 4) is 5.75 Å². The molecule has 5 N–H and O–H groups in total. The van der Waals surface area contributed by atoms with Crippen molar-refractivity contribution >= 4 is 35.4 Å². The van der Waals surface area contributed by atoms with Gasteiger partial charge in [-0.1, -0.05) is 35.9 Å². The minimum atomic E-state index is -5.08. The average Bonchev–Trinajstić information content (AvgIpc) is 2.71. The maximum Gasteiger partial charge on any atom is 0.490 e. The molecule has 0 spiro atoms. The number of amides is 1. The summed E-state index contributed by atoms with van der Waals surface area (Å²) in [4.78, 5) is 20.6. The van der Waals surface area contributed by atoms with Crippen LogP contribution >= 0.6 is 11.6 Å². The van der Waals surface area contributed by atoms with E-state index in [2.05, 4.69) is 5.32 Å². The minimum Gasteiger partial charge on any atom is -0.492 e. The number of alkyl halides is 3. The lowest BCUT2D eigenvalue weighted by Crippen LogP contribution is -2.26. The third kappa shape index (κ3) is 10.7. The Morgan fingerprint density at radius 2 is 1.81 bits per heavy atom. The van der Waals surface area contributed by atoms with E-state index in [0.29, 0.717) is 29.5 Å². The van der Waals surface area contributed by atoms with Gasteiger partial charge in [0.25, 0.3) is 0 Å². The molecule has 166 valence electrons. The highest BCUT2D eigenvalue weighted by molar-refractivity contribution is 6.30. The molecule has 2 rings (SSSR count). The maximum atomic E-state index is 11.7. The lowest BCUT2D eigenvalue weighted by Gasteiger charge is -2.08. The van der Waals surface area contributed by atoms with Gasteiger partial charge in [0, 0.05) is 16.7 Å². The van der Waals surface area contributed by atoms with Gasteiger partial charge in [-0.3, -0.25) is 10.2 Å². The average molecular weight is 458 g/mol. The zero-order valence-electron chi connectivity index (χ0n) is 15.9. The number of carboxylic acids is 1. The van der Waals surface area contributed by atoms with Crippen molar-refractivity contribution in [3.63, 3.8) is 0 Å². The number of hydrogen-bond donors (Lipinski definition) is 4. The summed E-state index contributed by atoms with van der Waals surface area (Å²) in [6.07, 6.45) is -1.91. The van der Waals surface area contributed by atoms with Crippen LogP contribution in [0.5, 0.6) is 5.75 Å². The molecule has 0 aromatic heterocycles. The van der Waals surface area contributed by atoms with Gasteiger partial charge in [0.05, 0.1) is 6.54 Å². The fourth-order valence-corrected chi connectivity index (χ4v) is 2.03. The molecule has 0 atom stereocenters. The zero-order chi connectivity index (χ0) is 23.4. The second-order valence-corrected chi connectivity index (χ2v) is 6.21. The first-order valence-electron chi connectivity index (χ1n) is 8.58. The quantitative estimate of drug-likeness (QED) is 0.219. The molecule has 0 saturated carbocycles. The molecule has 0 saturated heterocycles. The van der Waals surface area contributed by atoms with Gasteiger partial charge in [-0.2, -0.15) is 13.2 Å². The summed E-state index contributed by atoms with van der Waals surface area (Å²) < 4.78 is 37.3. The highest BCUT2D eigenvalue weighted by atomic mass is 35.5. The number of nitrogens with two attached hydrogens (primary N) is 1. The maximum absolute atomic E-state index is 11.7. The van der Waals surface area contributed by atoms with E-state index in [1.165, 1.54) is 6.08 Å². The lowest BCUT2D eigenvalue weighted by molar-refractivity contribution is -0.192. The van der Waals surface area contributed by atoms with Crippen molar-refractivity contribution in [1.29, 1.82) is 5.41 Å². The normalized spacial score (nSPS) is 10.7. The minimum absolute atomic E-state index is 0.0129. The first-order chi connectivity index (χ1) is 14.5. The molecule has 31 heavy (non-hydrogen) atoms. The molecule has 0 aliphatic heterocycles. The Labute approximate surface area is 180 Å². The van der Waals surface area contributed by atoms with Crippen LogP contribution in [0, 0.1) is 5.41 Å². The van der Waals surface area contributed by atoms with Crippen LogP contribution in [-0.4, -0.2) is 42.1 Å². The summed E-state index contributed by atoms with van der Waals surface area (Å²) in [6, 6.07) is 14.1. The van der Waals surface area contributed by atoms with Crippen molar-refractivity contribution in [2.45, 2.75) is 6.18 Å². The molecule has 0 aliphatic carbocycles. The number of rotatable bonds is 7. The number of amidine groups is 1. The van der Waals surface area contributed by atoms with Crippen LogP contribution in [0.3, 0.4) is 0 Å². The Bertz CT molecular complexity index is 932. The van der Waals surface area contributed by atoms with E-state index in [-0.39, 0.29) is 11.7 Å². The van der Waals surface area contributed by atoms with Crippen LogP contribution < -0.4 is 15.8 Å². The molecule has 0 fully saturated rings. The Morgan fingerprint density at radius 1 is 1.19 bits per heavy atom. The van der Waals surface area contributed by atoms with Crippen molar-refractivity contribution in [1.82, 2.24) is 5.32 Å². The molecule has 1 amide bonds. The summed E-state index contributed by atoms with van der Waals surface area (Å²) in [6.45, 7) is 0.690. The summed E-state index contributed by atoms with van der Waals surface area (Å²) in [5.41, 5.74) is 6.92. The first kappa shape index (κ1) is 25.5. The molecule has 2 aromatic carbocycles. The Hall–Kier alpha value is -3.53. The van der Waals surface area contributed by atoms with Gasteiger partial charge in [-0.15, -0.1) is 0 Å². The van der Waals surface area contributed by atoms with E-state index in [4.69, 9.17) is 37.4 Å². The van der Waals surface area contributed by atoms with E-state index in [1.807, 2.05) is 12.1 Å². The summed E-state index contributed by atoms with van der Waals surface area (Å²) in [7, 11) is 0. The van der Waals surface area contributed by atoms with Crippen LogP contribution in [0.2, 0.25) is 5.02 Å². The smallest absolute Gasteiger partial charge is 0.490 e. The van der Waals surface area contributed by atoms with E-state index in [9.17, 15) is 18.0 Å². The monoisotopic (exact) mass is 457 g/mol.